The van der Waals surface area contributed by atoms with E-state index in [-0.39, 0.29) is 6.04 Å². The van der Waals surface area contributed by atoms with Crippen molar-refractivity contribution >= 4 is 0 Å². The summed E-state index contributed by atoms with van der Waals surface area (Å²) >= 11 is 0. The third kappa shape index (κ3) is 2.60. The molecule has 0 heterocycles. The van der Waals surface area contributed by atoms with Crippen LogP contribution in [0.3, 0.4) is 0 Å². The summed E-state index contributed by atoms with van der Waals surface area (Å²) in [5.41, 5.74) is 8.60. The Hall–Kier alpha value is -0.820. The van der Waals surface area contributed by atoms with E-state index < -0.39 is 0 Å². The maximum Gasteiger partial charge on any atom is 0.0266 e. The van der Waals surface area contributed by atoms with Crippen molar-refractivity contribution in [1.82, 2.24) is 0 Å². The first-order valence-corrected chi connectivity index (χ1v) is 6.13. The van der Waals surface area contributed by atoms with Gasteiger partial charge < -0.3 is 5.73 Å². The van der Waals surface area contributed by atoms with Gasteiger partial charge in [-0.3, -0.25) is 0 Å². The number of nitrogens with two attached hydrogens (primary N) is 1. The molecule has 1 aromatic carbocycles. The quantitative estimate of drug-likeness (QED) is 0.778. The smallest absolute Gasteiger partial charge is 0.0266 e. The maximum atomic E-state index is 5.84. The lowest BCUT2D eigenvalue weighted by molar-refractivity contribution is 0.443. The second-order valence-electron chi connectivity index (χ2n) is 4.79. The molecular weight excluding hydrogens is 182 g/mol. The molecule has 82 valence electrons. The topological polar surface area (TPSA) is 26.0 Å². The molecule has 2 rings (SSSR count). The Morgan fingerprint density at radius 3 is 2.20 bits per heavy atom. The van der Waals surface area contributed by atoms with E-state index in [1.54, 1.807) is 0 Å². The molecule has 1 saturated carbocycles. The van der Waals surface area contributed by atoms with Crippen LogP contribution in [0, 0.1) is 0 Å². The molecule has 1 fully saturated rings. The molecule has 0 spiro atoms. The molecule has 0 amide bonds. The van der Waals surface area contributed by atoms with Gasteiger partial charge in [0, 0.05) is 6.04 Å². The Kier molecular flexibility index (Phi) is 3.42. The lowest BCUT2D eigenvalue weighted by Gasteiger charge is -2.22. The van der Waals surface area contributed by atoms with Gasteiger partial charge >= 0.3 is 0 Å². The molecule has 0 aliphatic heterocycles. The van der Waals surface area contributed by atoms with Crippen molar-refractivity contribution in [2.24, 2.45) is 5.73 Å². The lowest BCUT2D eigenvalue weighted by Crippen LogP contribution is -2.07. The molecule has 1 aliphatic carbocycles. The molecule has 1 aromatic rings. The molecule has 0 unspecified atom stereocenters. The second kappa shape index (κ2) is 4.80. The van der Waals surface area contributed by atoms with Crippen molar-refractivity contribution in [2.75, 3.05) is 0 Å². The van der Waals surface area contributed by atoms with Crippen LogP contribution in [-0.4, -0.2) is 0 Å². The van der Waals surface area contributed by atoms with E-state index in [1.165, 1.54) is 43.2 Å². The number of rotatable bonds is 2. The average Bonchev–Trinajstić information content (AvgIpc) is 2.30. The van der Waals surface area contributed by atoms with E-state index >= 15 is 0 Å². The van der Waals surface area contributed by atoms with Gasteiger partial charge in [-0.1, -0.05) is 43.5 Å². The maximum absolute atomic E-state index is 5.84. The average molecular weight is 203 g/mol. The number of benzene rings is 1. The molecule has 1 nitrogen and oxygen atoms in total. The highest BCUT2D eigenvalue weighted by Crippen LogP contribution is 2.32. The summed E-state index contributed by atoms with van der Waals surface area (Å²) in [7, 11) is 0. The third-order valence-corrected chi connectivity index (χ3v) is 3.54. The number of hydrogen-bond acceptors (Lipinski definition) is 1. The molecule has 0 radical (unpaired) electrons. The minimum absolute atomic E-state index is 0.158. The van der Waals surface area contributed by atoms with Crippen LogP contribution in [0.15, 0.2) is 24.3 Å². The van der Waals surface area contributed by atoms with Crippen LogP contribution in [0.1, 0.15) is 62.1 Å². The summed E-state index contributed by atoms with van der Waals surface area (Å²) in [6.45, 7) is 2.04. The van der Waals surface area contributed by atoms with Crippen molar-refractivity contribution < 1.29 is 0 Å². The fourth-order valence-electron chi connectivity index (χ4n) is 2.51. The Morgan fingerprint density at radius 2 is 1.67 bits per heavy atom. The first-order chi connectivity index (χ1) is 7.27. The zero-order valence-corrected chi connectivity index (χ0v) is 9.58. The highest BCUT2D eigenvalue weighted by Gasteiger charge is 2.15. The molecule has 15 heavy (non-hydrogen) atoms. The Bertz CT molecular complexity index is 294. The van der Waals surface area contributed by atoms with Crippen LogP contribution in [-0.2, 0) is 0 Å². The second-order valence-corrected chi connectivity index (χ2v) is 4.79. The summed E-state index contributed by atoms with van der Waals surface area (Å²) in [6, 6.07) is 9.08. The first-order valence-electron chi connectivity index (χ1n) is 6.13. The van der Waals surface area contributed by atoms with E-state index in [1.807, 2.05) is 6.92 Å². The molecule has 2 N–H and O–H groups in total. The minimum Gasteiger partial charge on any atom is -0.324 e. The third-order valence-electron chi connectivity index (χ3n) is 3.54. The van der Waals surface area contributed by atoms with Crippen LogP contribution in [0.4, 0.5) is 0 Å². The Morgan fingerprint density at radius 1 is 1.07 bits per heavy atom. The van der Waals surface area contributed by atoms with Crippen LogP contribution >= 0.6 is 0 Å². The van der Waals surface area contributed by atoms with E-state index in [2.05, 4.69) is 24.3 Å². The predicted molar refractivity (Wildman–Crippen MR) is 64.9 cm³/mol. The monoisotopic (exact) mass is 203 g/mol. The van der Waals surface area contributed by atoms with Gasteiger partial charge in [0.15, 0.2) is 0 Å². The van der Waals surface area contributed by atoms with Crippen LogP contribution in [0.2, 0.25) is 0 Å². The van der Waals surface area contributed by atoms with Gasteiger partial charge in [0.1, 0.15) is 0 Å². The van der Waals surface area contributed by atoms with E-state index in [0.29, 0.717) is 0 Å². The van der Waals surface area contributed by atoms with Crippen LogP contribution < -0.4 is 5.73 Å². The zero-order chi connectivity index (χ0) is 10.7. The molecule has 0 bridgehead atoms. The van der Waals surface area contributed by atoms with Gasteiger partial charge in [0.05, 0.1) is 0 Å². The van der Waals surface area contributed by atoms with Crippen molar-refractivity contribution in [1.29, 1.82) is 0 Å². The van der Waals surface area contributed by atoms with Gasteiger partial charge in [-0.05, 0) is 36.8 Å². The summed E-state index contributed by atoms with van der Waals surface area (Å²) in [5, 5.41) is 0. The van der Waals surface area contributed by atoms with E-state index in [4.69, 9.17) is 5.73 Å². The van der Waals surface area contributed by atoms with E-state index in [0.717, 1.165) is 5.92 Å². The summed E-state index contributed by atoms with van der Waals surface area (Å²) in [4.78, 5) is 0. The molecule has 1 atom stereocenters. The van der Waals surface area contributed by atoms with Crippen molar-refractivity contribution in [3.05, 3.63) is 35.4 Å². The SMILES string of the molecule is C[C@@H](N)c1ccc(C2CCCCC2)cc1. The highest BCUT2D eigenvalue weighted by molar-refractivity contribution is 5.27. The molecule has 1 heteroatoms. The Labute approximate surface area is 92.7 Å². The molecular formula is C14H21N. The van der Waals surface area contributed by atoms with Crippen LogP contribution in [0.25, 0.3) is 0 Å². The summed E-state index contributed by atoms with van der Waals surface area (Å²) in [5.74, 6) is 0.806. The molecule has 1 aliphatic rings. The number of hydrogen-bond donors (Lipinski definition) is 1. The van der Waals surface area contributed by atoms with Crippen molar-refractivity contribution in [3.8, 4) is 0 Å². The Balaban J connectivity index is 2.08. The van der Waals surface area contributed by atoms with Crippen molar-refractivity contribution in [3.63, 3.8) is 0 Å². The highest BCUT2D eigenvalue weighted by atomic mass is 14.6. The lowest BCUT2D eigenvalue weighted by atomic mass is 9.84. The van der Waals surface area contributed by atoms with Crippen LogP contribution in [0.5, 0.6) is 0 Å². The van der Waals surface area contributed by atoms with Gasteiger partial charge in [-0.25, -0.2) is 0 Å². The molecule has 0 aromatic heterocycles. The van der Waals surface area contributed by atoms with Gasteiger partial charge in [-0.15, -0.1) is 0 Å². The fourth-order valence-corrected chi connectivity index (χ4v) is 2.51. The van der Waals surface area contributed by atoms with Gasteiger partial charge in [0.25, 0.3) is 0 Å². The summed E-state index contributed by atoms with van der Waals surface area (Å²) < 4.78 is 0. The zero-order valence-electron chi connectivity index (χ0n) is 9.58. The largest absolute Gasteiger partial charge is 0.324 e. The fraction of sp³-hybridized carbons (Fsp3) is 0.571. The standard InChI is InChI=1S/C14H21N/c1-11(15)12-7-9-14(10-8-12)13-5-3-2-4-6-13/h7-11,13H,2-6,15H2,1H3/t11-/m1/s1. The van der Waals surface area contributed by atoms with E-state index in [9.17, 15) is 0 Å². The van der Waals surface area contributed by atoms with Gasteiger partial charge in [-0.2, -0.15) is 0 Å². The molecule has 0 saturated heterocycles. The van der Waals surface area contributed by atoms with Gasteiger partial charge in [0.2, 0.25) is 0 Å². The van der Waals surface area contributed by atoms with Crippen molar-refractivity contribution in [2.45, 2.75) is 51.0 Å². The minimum atomic E-state index is 0.158. The summed E-state index contributed by atoms with van der Waals surface area (Å²) in [6.07, 6.45) is 6.98. The normalized spacial score (nSPS) is 20.1. The predicted octanol–water partition coefficient (Wildman–Crippen LogP) is 3.75. The first kappa shape index (κ1) is 10.7.